The van der Waals surface area contributed by atoms with E-state index in [0.29, 0.717) is 18.4 Å². The summed E-state index contributed by atoms with van der Waals surface area (Å²) in [6.45, 7) is 6.45. The summed E-state index contributed by atoms with van der Waals surface area (Å²) < 4.78 is 0. The molecular formula is C12H24N2O. The third-order valence-electron chi connectivity index (χ3n) is 3.54. The Morgan fingerprint density at radius 3 is 2.67 bits per heavy atom. The van der Waals surface area contributed by atoms with Gasteiger partial charge in [0.1, 0.15) is 0 Å². The van der Waals surface area contributed by atoms with Crippen molar-refractivity contribution >= 4 is 5.91 Å². The smallest absolute Gasteiger partial charge is 0.237 e. The van der Waals surface area contributed by atoms with Crippen LogP contribution in [0.15, 0.2) is 0 Å². The van der Waals surface area contributed by atoms with Gasteiger partial charge in [-0.1, -0.05) is 20.8 Å². The first-order chi connectivity index (χ1) is 7.04. The highest BCUT2D eigenvalue weighted by atomic mass is 16.2. The Labute approximate surface area is 92.8 Å². The molecule has 1 rings (SSSR count). The van der Waals surface area contributed by atoms with E-state index in [1.54, 1.807) is 0 Å². The van der Waals surface area contributed by atoms with Crippen molar-refractivity contribution in [2.45, 2.75) is 58.5 Å². The van der Waals surface area contributed by atoms with Crippen LogP contribution in [0.1, 0.15) is 46.5 Å². The normalized spacial score (nSPS) is 33.5. The highest BCUT2D eigenvalue weighted by molar-refractivity contribution is 5.81. The van der Waals surface area contributed by atoms with Gasteiger partial charge in [-0.3, -0.25) is 4.79 Å². The second kappa shape index (κ2) is 5.50. The number of hydrogen-bond acceptors (Lipinski definition) is 2. The number of hydrogen-bond donors (Lipinski definition) is 2. The van der Waals surface area contributed by atoms with Gasteiger partial charge in [-0.2, -0.15) is 0 Å². The lowest BCUT2D eigenvalue weighted by Crippen LogP contribution is -2.48. The fourth-order valence-corrected chi connectivity index (χ4v) is 2.35. The van der Waals surface area contributed by atoms with Gasteiger partial charge in [0.2, 0.25) is 5.91 Å². The Balaban J connectivity index is 2.41. The summed E-state index contributed by atoms with van der Waals surface area (Å²) in [6.07, 6.45) is 4.25. The molecule has 1 aliphatic carbocycles. The maximum atomic E-state index is 11.6. The van der Waals surface area contributed by atoms with Gasteiger partial charge in [-0.25, -0.2) is 0 Å². The third kappa shape index (κ3) is 3.49. The molecule has 88 valence electrons. The van der Waals surface area contributed by atoms with E-state index < -0.39 is 0 Å². The largest absolute Gasteiger partial charge is 0.352 e. The van der Waals surface area contributed by atoms with Crippen molar-refractivity contribution in [3.05, 3.63) is 0 Å². The topological polar surface area (TPSA) is 55.1 Å². The van der Waals surface area contributed by atoms with Crippen LogP contribution >= 0.6 is 0 Å². The van der Waals surface area contributed by atoms with Crippen molar-refractivity contribution in [1.29, 1.82) is 0 Å². The zero-order valence-corrected chi connectivity index (χ0v) is 10.1. The minimum atomic E-state index is -0.337. The van der Waals surface area contributed by atoms with Gasteiger partial charge in [-0.15, -0.1) is 0 Å². The van der Waals surface area contributed by atoms with Crippen LogP contribution in [0.2, 0.25) is 0 Å². The first kappa shape index (κ1) is 12.5. The second-order valence-corrected chi connectivity index (χ2v) is 5.03. The molecule has 15 heavy (non-hydrogen) atoms. The molecule has 0 aromatic rings. The minimum absolute atomic E-state index is 0.0175. The summed E-state index contributed by atoms with van der Waals surface area (Å²) in [6, 6.07) is 0.00264. The molecule has 1 amide bonds. The van der Waals surface area contributed by atoms with Crippen LogP contribution in [-0.2, 0) is 4.79 Å². The van der Waals surface area contributed by atoms with Crippen LogP contribution in [0.5, 0.6) is 0 Å². The van der Waals surface area contributed by atoms with Crippen LogP contribution in [0, 0.1) is 11.8 Å². The lowest BCUT2D eigenvalue weighted by molar-refractivity contribution is -0.123. The lowest BCUT2D eigenvalue weighted by Gasteiger charge is -2.33. The molecule has 0 heterocycles. The first-order valence-electron chi connectivity index (χ1n) is 6.10. The number of nitrogens with two attached hydrogens (primary N) is 1. The van der Waals surface area contributed by atoms with Gasteiger partial charge >= 0.3 is 0 Å². The number of carbonyl (C=O) groups excluding carboxylic acids is 1. The van der Waals surface area contributed by atoms with E-state index in [4.69, 9.17) is 5.73 Å². The predicted molar refractivity (Wildman–Crippen MR) is 62.4 cm³/mol. The van der Waals surface area contributed by atoms with Gasteiger partial charge in [0, 0.05) is 6.04 Å². The van der Waals surface area contributed by atoms with Crippen molar-refractivity contribution in [2.75, 3.05) is 0 Å². The van der Waals surface area contributed by atoms with Gasteiger partial charge < -0.3 is 11.1 Å². The summed E-state index contributed by atoms with van der Waals surface area (Å²) in [7, 11) is 0. The Bertz CT molecular complexity index is 218. The van der Waals surface area contributed by atoms with E-state index in [-0.39, 0.29) is 11.9 Å². The van der Waals surface area contributed by atoms with Gasteiger partial charge in [0.05, 0.1) is 6.04 Å². The Morgan fingerprint density at radius 2 is 2.13 bits per heavy atom. The maximum absolute atomic E-state index is 11.6. The average Bonchev–Trinajstić information content (AvgIpc) is 2.20. The summed E-state index contributed by atoms with van der Waals surface area (Å²) >= 11 is 0. The van der Waals surface area contributed by atoms with Gasteiger partial charge in [0.15, 0.2) is 0 Å². The van der Waals surface area contributed by atoms with Crippen molar-refractivity contribution in [3.8, 4) is 0 Å². The van der Waals surface area contributed by atoms with Gasteiger partial charge in [-0.05, 0) is 37.5 Å². The molecule has 3 nitrogen and oxygen atoms in total. The van der Waals surface area contributed by atoms with Crippen LogP contribution in [0.25, 0.3) is 0 Å². The molecule has 0 spiro atoms. The van der Waals surface area contributed by atoms with Crippen LogP contribution in [0.3, 0.4) is 0 Å². The first-order valence-corrected chi connectivity index (χ1v) is 6.10. The molecular weight excluding hydrogens is 188 g/mol. The summed E-state index contributed by atoms with van der Waals surface area (Å²) in [5, 5.41) is 3.08. The van der Waals surface area contributed by atoms with Crippen molar-refractivity contribution < 1.29 is 4.79 Å². The SMILES string of the molecule is CCC(N)C(=O)NC1CCC(C)CC1C. The van der Waals surface area contributed by atoms with Crippen molar-refractivity contribution in [1.82, 2.24) is 5.32 Å². The van der Waals surface area contributed by atoms with Gasteiger partial charge in [0.25, 0.3) is 0 Å². The average molecular weight is 212 g/mol. The number of carbonyl (C=O) groups is 1. The number of nitrogens with one attached hydrogen (secondary N) is 1. The lowest BCUT2D eigenvalue weighted by atomic mass is 9.80. The van der Waals surface area contributed by atoms with E-state index in [1.807, 2.05) is 6.92 Å². The fourth-order valence-electron chi connectivity index (χ4n) is 2.35. The molecule has 1 aliphatic rings. The molecule has 0 radical (unpaired) electrons. The maximum Gasteiger partial charge on any atom is 0.237 e. The van der Waals surface area contributed by atoms with Crippen molar-refractivity contribution in [3.63, 3.8) is 0 Å². The molecule has 0 aromatic heterocycles. The molecule has 3 heteroatoms. The Kier molecular flexibility index (Phi) is 4.58. The second-order valence-electron chi connectivity index (χ2n) is 5.03. The molecule has 1 fully saturated rings. The monoisotopic (exact) mass is 212 g/mol. The molecule has 0 aromatic carbocycles. The molecule has 0 aliphatic heterocycles. The molecule has 0 saturated heterocycles. The Morgan fingerprint density at radius 1 is 1.47 bits per heavy atom. The quantitative estimate of drug-likeness (QED) is 0.747. The van der Waals surface area contributed by atoms with Crippen LogP contribution in [0.4, 0.5) is 0 Å². The zero-order valence-electron chi connectivity index (χ0n) is 10.1. The third-order valence-corrected chi connectivity index (χ3v) is 3.54. The standard InChI is InChI=1S/C12H24N2O/c1-4-10(13)12(15)14-11-6-5-8(2)7-9(11)3/h8-11H,4-7,13H2,1-3H3,(H,14,15). The number of amides is 1. The molecule has 1 saturated carbocycles. The van der Waals surface area contributed by atoms with Crippen molar-refractivity contribution in [2.24, 2.45) is 17.6 Å². The summed E-state index contributed by atoms with van der Waals surface area (Å²) in [4.78, 5) is 11.6. The van der Waals surface area contributed by atoms with E-state index >= 15 is 0 Å². The molecule has 0 bridgehead atoms. The summed E-state index contributed by atoms with van der Waals surface area (Å²) in [5.41, 5.74) is 5.69. The van der Waals surface area contributed by atoms with E-state index in [9.17, 15) is 4.79 Å². The highest BCUT2D eigenvalue weighted by Crippen LogP contribution is 2.28. The van der Waals surface area contributed by atoms with E-state index in [2.05, 4.69) is 19.2 Å². The fraction of sp³-hybridized carbons (Fsp3) is 0.917. The van der Waals surface area contributed by atoms with Crippen LogP contribution < -0.4 is 11.1 Å². The highest BCUT2D eigenvalue weighted by Gasteiger charge is 2.27. The van der Waals surface area contributed by atoms with E-state index in [1.165, 1.54) is 12.8 Å². The minimum Gasteiger partial charge on any atom is -0.352 e. The molecule has 3 N–H and O–H groups in total. The number of rotatable bonds is 3. The predicted octanol–water partition coefficient (Wildman–Crippen LogP) is 1.66. The van der Waals surface area contributed by atoms with Crippen LogP contribution in [-0.4, -0.2) is 18.0 Å². The zero-order chi connectivity index (χ0) is 11.4. The van der Waals surface area contributed by atoms with E-state index in [0.717, 1.165) is 12.3 Å². The Hall–Kier alpha value is -0.570. The summed E-state index contributed by atoms with van der Waals surface area (Å²) in [5.74, 6) is 1.40. The molecule has 4 unspecified atom stereocenters. The molecule has 4 atom stereocenters.